The molecule has 0 aliphatic carbocycles. The average molecular weight is 258 g/mol. The van der Waals surface area contributed by atoms with E-state index in [1.807, 2.05) is 0 Å². The Hall–Kier alpha value is -1.29. The maximum atomic E-state index is 12.9. The zero-order chi connectivity index (χ0) is 12.7. The average Bonchev–Trinajstić information content (AvgIpc) is 2.31. The van der Waals surface area contributed by atoms with Crippen LogP contribution in [0.2, 0.25) is 5.02 Å². The highest BCUT2D eigenvalue weighted by molar-refractivity contribution is 6.30. The van der Waals surface area contributed by atoms with Crippen molar-refractivity contribution in [1.82, 2.24) is 5.32 Å². The lowest BCUT2D eigenvalue weighted by Crippen LogP contribution is -2.32. The monoisotopic (exact) mass is 257 g/mol. The van der Waals surface area contributed by atoms with E-state index in [2.05, 4.69) is 17.2 Å². The fourth-order valence-corrected chi connectivity index (χ4v) is 1.47. The van der Waals surface area contributed by atoms with Crippen LogP contribution in [0, 0.1) is 5.82 Å². The molecule has 0 amide bonds. The predicted molar refractivity (Wildman–Crippen MR) is 69.6 cm³/mol. The Morgan fingerprint density at radius 1 is 1.53 bits per heavy atom. The van der Waals surface area contributed by atoms with Crippen LogP contribution in [0.15, 0.2) is 23.2 Å². The van der Waals surface area contributed by atoms with Gasteiger partial charge in [-0.3, -0.25) is 0 Å². The number of unbranched alkanes of at least 4 members (excludes halogenated alkanes) is 1. The first kappa shape index (κ1) is 13.8. The standard InChI is InChI=1S/C12H17ClFN3/c1-2-3-6-16-12(15)17-8-9-4-5-11(14)10(13)7-9/h4-5,7H,2-3,6,8H2,1H3,(H3,15,16,17). The summed E-state index contributed by atoms with van der Waals surface area (Å²) in [4.78, 5) is 4.14. The van der Waals surface area contributed by atoms with E-state index < -0.39 is 5.82 Å². The van der Waals surface area contributed by atoms with Crippen LogP contribution >= 0.6 is 11.6 Å². The Morgan fingerprint density at radius 2 is 2.29 bits per heavy atom. The number of halogens is 2. The van der Waals surface area contributed by atoms with Crippen molar-refractivity contribution in [2.75, 3.05) is 6.54 Å². The van der Waals surface area contributed by atoms with Gasteiger partial charge >= 0.3 is 0 Å². The van der Waals surface area contributed by atoms with Gasteiger partial charge in [0.05, 0.1) is 11.6 Å². The zero-order valence-electron chi connectivity index (χ0n) is 9.84. The van der Waals surface area contributed by atoms with Gasteiger partial charge in [-0.05, 0) is 24.1 Å². The fourth-order valence-electron chi connectivity index (χ4n) is 1.26. The van der Waals surface area contributed by atoms with Gasteiger partial charge in [0.25, 0.3) is 0 Å². The summed E-state index contributed by atoms with van der Waals surface area (Å²) in [5.74, 6) is -0.0210. The summed E-state index contributed by atoms with van der Waals surface area (Å²) in [5, 5.41) is 3.11. The molecule has 0 aliphatic heterocycles. The van der Waals surface area contributed by atoms with E-state index in [0.29, 0.717) is 12.5 Å². The van der Waals surface area contributed by atoms with Crippen LogP contribution in [-0.4, -0.2) is 12.5 Å². The van der Waals surface area contributed by atoms with E-state index in [1.165, 1.54) is 6.07 Å². The Bertz CT molecular complexity index is 393. The first-order valence-electron chi connectivity index (χ1n) is 5.61. The fraction of sp³-hybridized carbons (Fsp3) is 0.417. The van der Waals surface area contributed by atoms with Gasteiger partial charge < -0.3 is 11.1 Å². The highest BCUT2D eigenvalue weighted by Crippen LogP contribution is 2.16. The summed E-state index contributed by atoms with van der Waals surface area (Å²) in [6.07, 6.45) is 2.16. The second-order valence-electron chi connectivity index (χ2n) is 3.73. The first-order valence-corrected chi connectivity index (χ1v) is 5.99. The molecule has 0 saturated heterocycles. The van der Waals surface area contributed by atoms with Gasteiger partial charge in [0, 0.05) is 6.54 Å². The molecule has 1 aromatic carbocycles. The van der Waals surface area contributed by atoms with Gasteiger partial charge in [0.15, 0.2) is 5.96 Å². The smallest absolute Gasteiger partial charge is 0.188 e. The van der Waals surface area contributed by atoms with Crippen molar-refractivity contribution in [3.05, 3.63) is 34.6 Å². The maximum absolute atomic E-state index is 12.9. The highest BCUT2D eigenvalue weighted by Gasteiger charge is 2.00. The van der Waals surface area contributed by atoms with Crippen molar-refractivity contribution in [2.24, 2.45) is 10.7 Å². The minimum absolute atomic E-state index is 0.107. The molecule has 1 aromatic rings. The molecular formula is C12H17ClFN3. The van der Waals surface area contributed by atoms with Crippen molar-refractivity contribution in [2.45, 2.75) is 26.3 Å². The molecule has 94 valence electrons. The molecule has 0 fully saturated rings. The molecule has 17 heavy (non-hydrogen) atoms. The van der Waals surface area contributed by atoms with Gasteiger partial charge in [-0.2, -0.15) is 0 Å². The minimum atomic E-state index is -0.423. The molecular weight excluding hydrogens is 241 g/mol. The number of nitrogens with two attached hydrogens (primary N) is 1. The largest absolute Gasteiger partial charge is 0.370 e. The van der Waals surface area contributed by atoms with Gasteiger partial charge in [-0.15, -0.1) is 0 Å². The summed E-state index contributed by atoms with van der Waals surface area (Å²) < 4.78 is 12.9. The van der Waals surface area contributed by atoms with E-state index in [1.54, 1.807) is 12.1 Å². The topological polar surface area (TPSA) is 50.4 Å². The van der Waals surface area contributed by atoms with Crippen LogP contribution in [0.3, 0.4) is 0 Å². The van der Waals surface area contributed by atoms with Crippen LogP contribution in [0.5, 0.6) is 0 Å². The number of nitrogens with one attached hydrogen (secondary N) is 1. The molecule has 0 bridgehead atoms. The number of aliphatic imine (C=N–C) groups is 1. The zero-order valence-corrected chi connectivity index (χ0v) is 10.6. The summed E-state index contributed by atoms with van der Waals surface area (Å²) in [6.45, 7) is 3.32. The highest BCUT2D eigenvalue weighted by atomic mass is 35.5. The molecule has 3 nitrogen and oxygen atoms in total. The molecule has 5 heteroatoms. The third-order valence-corrected chi connectivity index (χ3v) is 2.54. The van der Waals surface area contributed by atoms with Crippen molar-refractivity contribution in [3.63, 3.8) is 0 Å². The molecule has 1 rings (SSSR count). The van der Waals surface area contributed by atoms with Crippen molar-refractivity contribution in [3.8, 4) is 0 Å². The number of hydrogen-bond donors (Lipinski definition) is 2. The first-order chi connectivity index (χ1) is 8.13. The minimum Gasteiger partial charge on any atom is -0.370 e. The van der Waals surface area contributed by atoms with E-state index in [4.69, 9.17) is 17.3 Å². The van der Waals surface area contributed by atoms with Crippen LogP contribution < -0.4 is 11.1 Å². The van der Waals surface area contributed by atoms with E-state index in [9.17, 15) is 4.39 Å². The normalized spacial score (nSPS) is 11.6. The quantitative estimate of drug-likeness (QED) is 0.484. The van der Waals surface area contributed by atoms with Crippen LogP contribution in [0.4, 0.5) is 4.39 Å². The second kappa shape index (κ2) is 7.12. The predicted octanol–water partition coefficient (Wildman–Crippen LogP) is 2.68. The maximum Gasteiger partial charge on any atom is 0.188 e. The Balaban J connectivity index is 2.48. The number of nitrogens with zero attached hydrogens (tertiary/aromatic N) is 1. The summed E-state index contributed by atoms with van der Waals surface area (Å²) in [6, 6.07) is 4.53. The summed E-state index contributed by atoms with van der Waals surface area (Å²) in [7, 11) is 0. The molecule has 0 atom stereocenters. The van der Waals surface area contributed by atoms with E-state index in [-0.39, 0.29) is 5.02 Å². The lowest BCUT2D eigenvalue weighted by molar-refractivity contribution is 0.627. The molecule has 0 aromatic heterocycles. The van der Waals surface area contributed by atoms with Gasteiger partial charge in [-0.25, -0.2) is 9.38 Å². The lowest BCUT2D eigenvalue weighted by Gasteiger charge is -2.04. The van der Waals surface area contributed by atoms with Crippen molar-refractivity contribution < 1.29 is 4.39 Å². The molecule has 0 saturated carbocycles. The molecule has 0 heterocycles. The third kappa shape index (κ3) is 5.04. The van der Waals surface area contributed by atoms with Gasteiger partial charge in [-0.1, -0.05) is 31.0 Å². The molecule has 0 aliphatic rings. The Morgan fingerprint density at radius 3 is 2.94 bits per heavy atom. The summed E-state index contributed by atoms with van der Waals surface area (Å²) in [5.41, 5.74) is 6.49. The van der Waals surface area contributed by atoms with Gasteiger partial charge in [0.2, 0.25) is 0 Å². The van der Waals surface area contributed by atoms with Gasteiger partial charge in [0.1, 0.15) is 5.82 Å². The van der Waals surface area contributed by atoms with Crippen LogP contribution in [0.1, 0.15) is 25.3 Å². The lowest BCUT2D eigenvalue weighted by atomic mass is 10.2. The number of rotatable bonds is 5. The van der Waals surface area contributed by atoms with Crippen LogP contribution in [-0.2, 0) is 6.54 Å². The van der Waals surface area contributed by atoms with E-state index in [0.717, 1.165) is 24.9 Å². The molecule has 3 N–H and O–H groups in total. The third-order valence-electron chi connectivity index (χ3n) is 2.25. The van der Waals surface area contributed by atoms with Crippen LogP contribution in [0.25, 0.3) is 0 Å². The molecule has 0 radical (unpaired) electrons. The van der Waals surface area contributed by atoms with Crippen molar-refractivity contribution >= 4 is 17.6 Å². The number of hydrogen-bond acceptors (Lipinski definition) is 1. The second-order valence-corrected chi connectivity index (χ2v) is 4.14. The number of guanidine groups is 1. The summed E-state index contributed by atoms with van der Waals surface area (Å²) >= 11 is 5.66. The number of benzene rings is 1. The Kier molecular flexibility index (Phi) is 5.77. The Labute approximate surface area is 106 Å². The van der Waals surface area contributed by atoms with Crippen molar-refractivity contribution in [1.29, 1.82) is 0 Å². The molecule has 0 unspecified atom stereocenters. The SMILES string of the molecule is CCCCNC(N)=NCc1ccc(F)c(Cl)c1. The molecule has 0 spiro atoms. The van der Waals surface area contributed by atoms with E-state index >= 15 is 0 Å².